The minimum Gasteiger partial charge on any atom is -0.492 e. The molecule has 3 aromatic rings. The fourth-order valence-electron chi connectivity index (χ4n) is 2.94. The van der Waals surface area contributed by atoms with E-state index in [9.17, 15) is 4.79 Å². The zero-order chi connectivity index (χ0) is 20.6. The molecule has 0 aliphatic carbocycles. The highest BCUT2D eigenvalue weighted by atomic mass is 16.5. The van der Waals surface area contributed by atoms with Gasteiger partial charge in [-0.05, 0) is 50.8 Å². The summed E-state index contributed by atoms with van der Waals surface area (Å²) in [6.45, 7) is 3.78. The summed E-state index contributed by atoms with van der Waals surface area (Å²) in [4.78, 5) is 19.3. The molecular formula is C24H27N3O2. The Morgan fingerprint density at radius 3 is 2.55 bits per heavy atom. The molecule has 0 spiro atoms. The number of carbonyl (C=O) groups is 1. The summed E-state index contributed by atoms with van der Waals surface area (Å²) in [6.07, 6.45) is 0. The van der Waals surface area contributed by atoms with Gasteiger partial charge >= 0.3 is 0 Å². The maximum Gasteiger partial charge on any atom is 0.253 e. The van der Waals surface area contributed by atoms with Crippen LogP contribution >= 0.6 is 0 Å². The Labute approximate surface area is 172 Å². The van der Waals surface area contributed by atoms with E-state index in [1.165, 1.54) is 0 Å². The standard InChI is InChI=1S/C24H27N3O2/c1-18-22(12-13-23(26-18)20-9-5-4-6-10-20)24(28)25-17-19-8-7-11-21(16-19)29-15-14-27(2)3/h4-13,16H,14-15,17H2,1-3H3,(H,25,28). The van der Waals surface area contributed by atoms with Gasteiger partial charge < -0.3 is 15.0 Å². The van der Waals surface area contributed by atoms with Crippen molar-refractivity contribution in [2.75, 3.05) is 27.2 Å². The molecule has 0 unspecified atom stereocenters. The van der Waals surface area contributed by atoms with Crippen molar-refractivity contribution in [2.45, 2.75) is 13.5 Å². The van der Waals surface area contributed by atoms with Crippen molar-refractivity contribution in [1.82, 2.24) is 15.2 Å². The summed E-state index contributed by atoms with van der Waals surface area (Å²) in [5, 5.41) is 2.97. The number of likely N-dealkylation sites (N-methyl/N-ethyl adjacent to an activating group) is 1. The van der Waals surface area contributed by atoms with Crippen molar-refractivity contribution >= 4 is 5.91 Å². The van der Waals surface area contributed by atoms with Gasteiger partial charge in [0.15, 0.2) is 0 Å². The highest BCUT2D eigenvalue weighted by Gasteiger charge is 2.11. The van der Waals surface area contributed by atoms with Crippen LogP contribution in [-0.2, 0) is 6.54 Å². The third kappa shape index (κ3) is 5.90. The molecule has 0 saturated carbocycles. The number of carbonyl (C=O) groups excluding carboxylic acids is 1. The summed E-state index contributed by atoms with van der Waals surface area (Å²) in [7, 11) is 4.02. The van der Waals surface area contributed by atoms with Crippen molar-refractivity contribution in [3.63, 3.8) is 0 Å². The SMILES string of the molecule is Cc1nc(-c2ccccc2)ccc1C(=O)NCc1cccc(OCCN(C)C)c1. The first-order valence-corrected chi connectivity index (χ1v) is 9.70. The van der Waals surface area contributed by atoms with Gasteiger partial charge in [-0.15, -0.1) is 0 Å². The van der Waals surface area contributed by atoms with Crippen LogP contribution in [0.1, 0.15) is 21.6 Å². The van der Waals surface area contributed by atoms with E-state index in [2.05, 4.69) is 15.2 Å². The summed E-state index contributed by atoms with van der Waals surface area (Å²) >= 11 is 0. The van der Waals surface area contributed by atoms with E-state index in [4.69, 9.17) is 4.74 Å². The number of nitrogens with one attached hydrogen (secondary N) is 1. The van der Waals surface area contributed by atoms with Gasteiger partial charge in [0.25, 0.3) is 5.91 Å². The Morgan fingerprint density at radius 1 is 1.03 bits per heavy atom. The first-order valence-electron chi connectivity index (χ1n) is 9.70. The first-order chi connectivity index (χ1) is 14.0. The Balaban J connectivity index is 1.61. The second-order valence-corrected chi connectivity index (χ2v) is 7.18. The van der Waals surface area contributed by atoms with Crippen LogP contribution in [0.25, 0.3) is 11.3 Å². The molecule has 150 valence electrons. The summed E-state index contributed by atoms with van der Waals surface area (Å²) in [5.41, 5.74) is 4.19. The van der Waals surface area contributed by atoms with Gasteiger partial charge in [-0.2, -0.15) is 0 Å². The highest BCUT2D eigenvalue weighted by molar-refractivity contribution is 5.95. The molecule has 5 nitrogen and oxygen atoms in total. The molecule has 1 aromatic heterocycles. The summed E-state index contributed by atoms with van der Waals surface area (Å²) in [5.74, 6) is 0.678. The Hall–Kier alpha value is -3.18. The number of rotatable bonds is 8. The average molecular weight is 389 g/mol. The van der Waals surface area contributed by atoms with Crippen LogP contribution in [0.4, 0.5) is 0 Å². The maximum atomic E-state index is 12.6. The van der Waals surface area contributed by atoms with Gasteiger partial charge in [-0.3, -0.25) is 9.78 Å². The zero-order valence-corrected chi connectivity index (χ0v) is 17.2. The normalized spacial score (nSPS) is 10.8. The number of aromatic nitrogens is 1. The molecule has 0 radical (unpaired) electrons. The van der Waals surface area contributed by atoms with Gasteiger partial charge in [0.2, 0.25) is 0 Å². The maximum absolute atomic E-state index is 12.6. The van der Waals surface area contributed by atoms with Crippen molar-refractivity contribution in [3.05, 3.63) is 83.6 Å². The molecular weight excluding hydrogens is 362 g/mol. The zero-order valence-electron chi connectivity index (χ0n) is 17.2. The van der Waals surface area contributed by atoms with E-state index < -0.39 is 0 Å². The lowest BCUT2D eigenvalue weighted by molar-refractivity contribution is 0.0950. The van der Waals surface area contributed by atoms with Crippen LogP contribution < -0.4 is 10.1 Å². The lowest BCUT2D eigenvalue weighted by Crippen LogP contribution is -2.24. The van der Waals surface area contributed by atoms with Crippen LogP contribution in [-0.4, -0.2) is 43.0 Å². The van der Waals surface area contributed by atoms with E-state index in [0.717, 1.165) is 29.1 Å². The summed E-state index contributed by atoms with van der Waals surface area (Å²) in [6, 6.07) is 21.5. The fraction of sp³-hybridized carbons (Fsp3) is 0.250. The van der Waals surface area contributed by atoms with E-state index in [1.807, 2.05) is 87.7 Å². The molecule has 0 fully saturated rings. The Morgan fingerprint density at radius 2 is 1.83 bits per heavy atom. The second kappa shape index (κ2) is 9.85. The van der Waals surface area contributed by atoms with Crippen LogP contribution in [0.3, 0.4) is 0 Å². The van der Waals surface area contributed by atoms with Gasteiger partial charge in [0.05, 0.1) is 17.0 Å². The van der Waals surface area contributed by atoms with Gasteiger partial charge in [0.1, 0.15) is 12.4 Å². The second-order valence-electron chi connectivity index (χ2n) is 7.18. The molecule has 0 aliphatic heterocycles. The van der Waals surface area contributed by atoms with Crippen molar-refractivity contribution in [3.8, 4) is 17.0 Å². The molecule has 0 saturated heterocycles. The van der Waals surface area contributed by atoms with Crippen molar-refractivity contribution in [1.29, 1.82) is 0 Å². The molecule has 0 atom stereocenters. The van der Waals surface area contributed by atoms with Gasteiger partial charge in [0, 0.05) is 18.7 Å². The highest BCUT2D eigenvalue weighted by Crippen LogP contribution is 2.19. The molecule has 5 heteroatoms. The minimum absolute atomic E-state index is 0.131. The topological polar surface area (TPSA) is 54.5 Å². The Bertz CT molecular complexity index is 955. The number of hydrogen-bond acceptors (Lipinski definition) is 4. The van der Waals surface area contributed by atoms with Crippen LogP contribution in [0.5, 0.6) is 5.75 Å². The number of pyridine rings is 1. The smallest absolute Gasteiger partial charge is 0.253 e. The largest absolute Gasteiger partial charge is 0.492 e. The summed E-state index contributed by atoms with van der Waals surface area (Å²) < 4.78 is 5.76. The predicted octanol–water partition coefficient (Wildman–Crippen LogP) is 3.93. The van der Waals surface area contributed by atoms with Crippen LogP contribution in [0, 0.1) is 6.92 Å². The number of benzene rings is 2. The van der Waals surface area contributed by atoms with E-state index >= 15 is 0 Å². The average Bonchev–Trinajstić information content (AvgIpc) is 2.72. The monoisotopic (exact) mass is 389 g/mol. The molecule has 1 N–H and O–H groups in total. The molecule has 0 aliphatic rings. The third-order valence-corrected chi connectivity index (χ3v) is 4.56. The van der Waals surface area contributed by atoms with Crippen LogP contribution in [0.15, 0.2) is 66.7 Å². The Kier molecular flexibility index (Phi) is 6.98. The van der Waals surface area contributed by atoms with E-state index in [1.54, 1.807) is 0 Å². The quantitative estimate of drug-likeness (QED) is 0.634. The number of hydrogen-bond donors (Lipinski definition) is 1. The van der Waals surface area contributed by atoms with Crippen molar-refractivity contribution in [2.24, 2.45) is 0 Å². The van der Waals surface area contributed by atoms with Gasteiger partial charge in [-0.1, -0.05) is 42.5 Å². The molecule has 2 aromatic carbocycles. The third-order valence-electron chi connectivity index (χ3n) is 4.56. The number of amides is 1. The van der Waals surface area contributed by atoms with Gasteiger partial charge in [-0.25, -0.2) is 0 Å². The van der Waals surface area contributed by atoms with Crippen molar-refractivity contribution < 1.29 is 9.53 Å². The molecule has 3 rings (SSSR count). The minimum atomic E-state index is -0.131. The van der Waals surface area contributed by atoms with E-state index in [-0.39, 0.29) is 5.91 Å². The molecule has 1 amide bonds. The molecule has 29 heavy (non-hydrogen) atoms. The van der Waals surface area contributed by atoms with E-state index in [0.29, 0.717) is 24.4 Å². The fourth-order valence-corrected chi connectivity index (χ4v) is 2.94. The number of ether oxygens (including phenoxy) is 1. The first kappa shape index (κ1) is 20.6. The predicted molar refractivity (Wildman–Crippen MR) is 116 cm³/mol. The number of aryl methyl sites for hydroxylation is 1. The molecule has 0 bridgehead atoms. The molecule has 1 heterocycles. The lowest BCUT2D eigenvalue weighted by Gasteiger charge is -2.12. The number of nitrogens with zero attached hydrogens (tertiary/aromatic N) is 2. The van der Waals surface area contributed by atoms with Crippen LogP contribution in [0.2, 0.25) is 0 Å². The lowest BCUT2D eigenvalue weighted by atomic mass is 10.1.